The summed E-state index contributed by atoms with van der Waals surface area (Å²) in [7, 11) is 0. The zero-order valence-corrected chi connectivity index (χ0v) is 11.0. The van der Waals surface area contributed by atoms with Crippen molar-refractivity contribution in [3.8, 4) is 0 Å². The van der Waals surface area contributed by atoms with Gasteiger partial charge in [-0.1, -0.05) is 20.3 Å². The van der Waals surface area contributed by atoms with Crippen LogP contribution >= 0.6 is 0 Å². The molecule has 1 aliphatic heterocycles. The molecular formula is C13H28N2. The number of piperidine rings is 1. The monoisotopic (exact) mass is 212 g/mol. The van der Waals surface area contributed by atoms with E-state index in [4.69, 9.17) is 5.73 Å². The predicted octanol–water partition coefficient (Wildman–Crippen LogP) is 2.63. The van der Waals surface area contributed by atoms with Crippen molar-refractivity contribution in [2.24, 2.45) is 11.1 Å². The first-order valence-electron chi connectivity index (χ1n) is 6.36. The van der Waals surface area contributed by atoms with Gasteiger partial charge in [-0.25, -0.2) is 0 Å². The summed E-state index contributed by atoms with van der Waals surface area (Å²) in [6.07, 6.45) is 5.39. The summed E-state index contributed by atoms with van der Waals surface area (Å²) < 4.78 is 0. The first kappa shape index (κ1) is 13.0. The highest BCUT2D eigenvalue weighted by Gasteiger charge is 2.31. The van der Waals surface area contributed by atoms with Crippen molar-refractivity contribution < 1.29 is 0 Å². The third-order valence-electron chi connectivity index (χ3n) is 3.34. The standard InChI is InChI=1S/C13H28N2/c1-5-7-13(4)8-6-9-15(11-13)10-12(2,3)14/h5-11,14H2,1-4H3. The van der Waals surface area contributed by atoms with Crippen LogP contribution in [-0.2, 0) is 0 Å². The van der Waals surface area contributed by atoms with Gasteiger partial charge in [-0.2, -0.15) is 0 Å². The third-order valence-corrected chi connectivity index (χ3v) is 3.34. The number of rotatable bonds is 4. The van der Waals surface area contributed by atoms with Gasteiger partial charge in [-0.3, -0.25) is 0 Å². The number of likely N-dealkylation sites (tertiary alicyclic amines) is 1. The Bertz CT molecular complexity index is 191. The SMILES string of the molecule is CCCC1(C)CCCN(CC(C)(C)N)C1. The second-order valence-electron chi connectivity index (χ2n) is 6.36. The van der Waals surface area contributed by atoms with E-state index in [9.17, 15) is 0 Å². The smallest absolute Gasteiger partial charge is 0.0226 e. The van der Waals surface area contributed by atoms with Gasteiger partial charge >= 0.3 is 0 Å². The van der Waals surface area contributed by atoms with E-state index in [1.165, 1.54) is 38.8 Å². The summed E-state index contributed by atoms with van der Waals surface area (Å²) in [4.78, 5) is 2.55. The van der Waals surface area contributed by atoms with E-state index in [-0.39, 0.29) is 5.54 Å². The Morgan fingerprint density at radius 1 is 1.40 bits per heavy atom. The van der Waals surface area contributed by atoms with E-state index in [0.717, 1.165) is 6.54 Å². The minimum Gasteiger partial charge on any atom is -0.324 e. The molecule has 1 heterocycles. The molecule has 1 saturated heterocycles. The summed E-state index contributed by atoms with van der Waals surface area (Å²) in [5.41, 5.74) is 6.58. The van der Waals surface area contributed by atoms with Crippen molar-refractivity contribution in [1.29, 1.82) is 0 Å². The third kappa shape index (κ3) is 4.52. The molecule has 1 unspecified atom stereocenters. The van der Waals surface area contributed by atoms with Crippen LogP contribution in [0.5, 0.6) is 0 Å². The van der Waals surface area contributed by atoms with Crippen LogP contribution in [0.3, 0.4) is 0 Å². The second-order valence-corrected chi connectivity index (χ2v) is 6.36. The van der Waals surface area contributed by atoms with Gasteiger partial charge in [0.2, 0.25) is 0 Å². The van der Waals surface area contributed by atoms with E-state index >= 15 is 0 Å². The van der Waals surface area contributed by atoms with E-state index in [0.29, 0.717) is 5.41 Å². The van der Waals surface area contributed by atoms with Crippen LogP contribution in [0.2, 0.25) is 0 Å². The molecule has 0 amide bonds. The fourth-order valence-electron chi connectivity index (χ4n) is 2.95. The number of hydrogen-bond donors (Lipinski definition) is 1. The summed E-state index contributed by atoms with van der Waals surface area (Å²) in [5, 5.41) is 0. The minimum atomic E-state index is -0.0511. The molecule has 90 valence electrons. The van der Waals surface area contributed by atoms with E-state index in [1.54, 1.807) is 0 Å². The van der Waals surface area contributed by atoms with Crippen LogP contribution < -0.4 is 5.73 Å². The summed E-state index contributed by atoms with van der Waals surface area (Å²) in [6, 6.07) is 0. The van der Waals surface area contributed by atoms with Crippen molar-refractivity contribution in [3.05, 3.63) is 0 Å². The highest BCUT2D eigenvalue weighted by Crippen LogP contribution is 2.34. The lowest BCUT2D eigenvalue weighted by Gasteiger charge is -2.42. The van der Waals surface area contributed by atoms with Gasteiger partial charge in [-0.15, -0.1) is 0 Å². The molecule has 2 heteroatoms. The molecule has 15 heavy (non-hydrogen) atoms. The molecule has 1 aliphatic rings. The number of nitrogens with zero attached hydrogens (tertiary/aromatic N) is 1. The Morgan fingerprint density at radius 2 is 2.07 bits per heavy atom. The maximum atomic E-state index is 6.09. The van der Waals surface area contributed by atoms with Crippen LogP contribution in [0, 0.1) is 5.41 Å². The Kier molecular flexibility index (Phi) is 4.19. The fraction of sp³-hybridized carbons (Fsp3) is 1.00. The van der Waals surface area contributed by atoms with E-state index in [1.807, 2.05) is 0 Å². The Morgan fingerprint density at radius 3 is 2.60 bits per heavy atom. The van der Waals surface area contributed by atoms with Gasteiger partial charge in [0.1, 0.15) is 0 Å². The first-order chi connectivity index (χ1) is 6.85. The highest BCUT2D eigenvalue weighted by atomic mass is 15.2. The fourth-order valence-corrected chi connectivity index (χ4v) is 2.95. The van der Waals surface area contributed by atoms with Crippen LogP contribution in [-0.4, -0.2) is 30.1 Å². The predicted molar refractivity (Wildman–Crippen MR) is 67.0 cm³/mol. The molecule has 1 rings (SSSR count). The van der Waals surface area contributed by atoms with Gasteiger partial charge in [0.25, 0.3) is 0 Å². The molecule has 0 bridgehead atoms. The maximum Gasteiger partial charge on any atom is 0.0226 e. The Labute approximate surface area is 95.2 Å². The zero-order chi connectivity index (χ0) is 11.5. The topological polar surface area (TPSA) is 29.3 Å². The molecule has 0 aromatic heterocycles. The number of nitrogens with two attached hydrogens (primary N) is 1. The second kappa shape index (κ2) is 4.84. The van der Waals surface area contributed by atoms with Crippen LogP contribution in [0.1, 0.15) is 53.4 Å². The largest absolute Gasteiger partial charge is 0.324 e. The van der Waals surface area contributed by atoms with Crippen molar-refractivity contribution in [2.45, 2.75) is 58.9 Å². The quantitative estimate of drug-likeness (QED) is 0.776. The van der Waals surface area contributed by atoms with Crippen LogP contribution in [0.25, 0.3) is 0 Å². The average Bonchev–Trinajstić information content (AvgIpc) is 1.99. The molecule has 1 atom stereocenters. The van der Waals surface area contributed by atoms with E-state index < -0.39 is 0 Å². The highest BCUT2D eigenvalue weighted by molar-refractivity contribution is 4.86. The first-order valence-corrected chi connectivity index (χ1v) is 6.36. The van der Waals surface area contributed by atoms with Crippen LogP contribution in [0.15, 0.2) is 0 Å². The normalized spacial score (nSPS) is 29.4. The maximum absolute atomic E-state index is 6.09. The molecule has 0 aromatic carbocycles. The van der Waals surface area contributed by atoms with Crippen molar-refractivity contribution >= 4 is 0 Å². The molecule has 0 spiro atoms. The van der Waals surface area contributed by atoms with Gasteiger partial charge in [0.15, 0.2) is 0 Å². The molecule has 0 saturated carbocycles. The Balaban J connectivity index is 2.48. The minimum absolute atomic E-state index is 0.0511. The van der Waals surface area contributed by atoms with Gasteiger partial charge in [0.05, 0.1) is 0 Å². The average molecular weight is 212 g/mol. The van der Waals surface area contributed by atoms with Crippen LogP contribution in [0.4, 0.5) is 0 Å². The van der Waals surface area contributed by atoms with Gasteiger partial charge in [-0.05, 0) is 45.1 Å². The molecule has 0 radical (unpaired) electrons. The van der Waals surface area contributed by atoms with Gasteiger partial charge in [0, 0.05) is 18.6 Å². The summed E-state index contributed by atoms with van der Waals surface area (Å²) in [5.74, 6) is 0. The Hall–Kier alpha value is -0.0800. The zero-order valence-electron chi connectivity index (χ0n) is 11.0. The molecule has 2 nitrogen and oxygen atoms in total. The summed E-state index contributed by atoms with van der Waals surface area (Å²) in [6.45, 7) is 12.5. The van der Waals surface area contributed by atoms with Crippen molar-refractivity contribution in [1.82, 2.24) is 4.90 Å². The number of hydrogen-bond acceptors (Lipinski definition) is 2. The lowest BCUT2D eigenvalue weighted by molar-refractivity contribution is 0.0805. The lowest BCUT2D eigenvalue weighted by atomic mass is 9.78. The van der Waals surface area contributed by atoms with Crippen molar-refractivity contribution in [2.75, 3.05) is 19.6 Å². The lowest BCUT2D eigenvalue weighted by Crippen LogP contribution is -2.50. The van der Waals surface area contributed by atoms with Crippen molar-refractivity contribution in [3.63, 3.8) is 0 Å². The van der Waals surface area contributed by atoms with E-state index in [2.05, 4.69) is 32.6 Å². The molecule has 0 aromatic rings. The molecular weight excluding hydrogens is 184 g/mol. The molecule has 2 N–H and O–H groups in total. The summed E-state index contributed by atoms with van der Waals surface area (Å²) >= 11 is 0. The van der Waals surface area contributed by atoms with Gasteiger partial charge < -0.3 is 10.6 Å². The molecule has 0 aliphatic carbocycles. The molecule has 1 fully saturated rings.